The number of aromatic amines is 1. The van der Waals surface area contributed by atoms with Crippen LogP contribution in [0.5, 0.6) is 5.88 Å². The van der Waals surface area contributed by atoms with Crippen molar-refractivity contribution in [2.75, 3.05) is 10.6 Å². The molecule has 0 atom stereocenters. The molecule has 2 heterocycles. The van der Waals surface area contributed by atoms with E-state index in [0.717, 1.165) is 44.5 Å². The number of hydrogen-bond donors (Lipinski definition) is 3. The molecule has 10 heteroatoms. The molecule has 4 aromatic carbocycles. The molecule has 0 saturated carbocycles. The quantitative estimate of drug-likeness (QED) is 0.196. The molecule has 0 aliphatic carbocycles. The molecular formula is C35H32N6O4. The van der Waals surface area contributed by atoms with Crippen LogP contribution in [0, 0.1) is 0 Å². The number of carbonyl (C=O) groups excluding carboxylic acids is 2. The van der Waals surface area contributed by atoms with Crippen molar-refractivity contribution in [1.29, 1.82) is 0 Å². The molecule has 10 nitrogen and oxygen atoms in total. The Kier molecular flexibility index (Phi) is 9.23. The minimum absolute atomic E-state index is 0.0451. The van der Waals surface area contributed by atoms with E-state index in [1.54, 1.807) is 0 Å². The van der Waals surface area contributed by atoms with Gasteiger partial charge < -0.3 is 20.4 Å². The third-order valence-corrected chi connectivity index (χ3v) is 6.66. The molecule has 45 heavy (non-hydrogen) atoms. The Morgan fingerprint density at radius 3 is 1.67 bits per heavy atom. The molecule has 2 amide bonds. The summed E-state index contributed by atoms with van der Waals surface area (Å²) in [5.41, 5.74) is 6.86. The fourth-order valence-corrected chi connectivity index (χ4v) is 4.68. The fraction of sp³-hybridized carbons (Fsp3) is 0.143. The maximum absolute atomic E-state index is 11.8. The molecule has 6 rings (SSSR count). The topological polar surface area (TPSA) is 139 Å². The summed E-state index contributed by atoms with van der Waals surface area (Å²) in [5, 5.41) is 6.92. The maximum atomic E-state index is 11.8. The Hall–Kier alpha value is -5.90. The highest BCUT2D eigenvalue weighted by Gasteiger charge is 2.09. The smallest absolute Gasteiger partial charge is 0.258 e. The summed E-state index contributed by atoms with van der Waals surface area (Å²) in [5.74, 6) is 0.402. The van der Waals surface area contributed by atoms with Gasteiger partial charge in [0.2, 0.25) is 17.7 Å². The highest BCUT2D eigenvalue weighted by Crippen LogP contribution is 2.29. The second-order valence-corrected chi connectivity index (χ2v) is 10.6. The zero-order valence-electron chi connectivity index (χ0n) is 25.3. The van der Waals surface area contributed by atoms with E-state index in [1.807, 2.05) is 98.8 Å². The summed E-state index contributed by atoms with van der Waals surface area (Å²) < 4.78 is 5.78. The Labute approximate surface area is 259 Å². The predicted octanol–water partition coefficient (Wildman–Crippen LogP) is 6.59. The molecule has 2 aromatic heterocycles. The van der Waals surface area contributed by atoms with Gasteiger partial charge in [-0.2, -0.15) is 0 Å². The number of fused-ring (bicyclic) bond motifs is 2. The van der Waals surface area contributed by atoms with Crippen LogP contribution in [-0.4, -0.2) is 37.9 Å². The van der Waals surface area contributed by atoms with Gasteiger partial charge in [0.15, 0.2) is 0 Å². The first-order chi connectivity index (χ1) is 21.7. The third kappa shape index (κ3) is 7.74. The van der Waals surface area contributed by atoms with E-state index in [-0.39, 0.29) is 23.5 Å². The summed E-state index contributed by atoms with van der Waals surface area (Å²) in [4.78, 5) is 49.1. The number of hydrogen-bond acceptors (Lipinski definition) is 7. The van der Waals surface area contributed by atoms with Gasteiger partial charge in [0.1, 0.15) is 6.33 Å². The lowest BCUT2D eigenvalue weighted by molar-refractivity contribution is -0.115. The lowest BCUT2D eigenvalue weighted by Gasteiger charge is -2.11. The Bertz CT molecular complexity index is 2040. The minimum atomic E-state index is -0.156. The number of rotatable bonds is 6. The van der Waals surface area contributed by atoms with Crippen molar-refractivity contribution < 1.29 is 14.3 Å². The van der Waals surface area contributed by atoms with Crippen LogP contribution in [0.1, 0.15) is 27.7 Å². The molecule has 0 bridgehead atoms. The summed E-state index contributed by atoms with van der Waals surface area (Å²) in [6.07, 6.45) is 2.96. The van der Waals surface area contributed by atoms with Crippen molar-refractivity contribution in [1.82, 2.24) is 19.9 Å². The summed E-state index contributed by atoms with van der Waals surface area (Å²) in [6.45, 7) is 6.90. The normalized spacial score (nSPS) is 10.7. The van der Waals surface area contributed by atoms with Gasteiger partial charge in [-0.25, -0.2) is 15.0 Å². The van der Waals surface area contributed by atoms with E-state index in [0.29, 0.717) is 16.8 Å². The van der Waals surface area contributed by atoms with Crippen molar-refractivity contribution in [2.24, 2.45) is 0 Å². The zero-order chi connectivity index (χ0) is 31.9. The molecule has 0 spiro atoms. The first-order valence-corrected chi connectivity index (χ1v) is 14.3. The van der Waals surface area contributed by atoms with Crippen molar-refractivity contribution in [3.8, 4) is 28.1 Å². The van der Waals surface area contributed by atoms with Gasteiger partial charge in [0.25, 0.3) is 5.56 Å². The summed E-state index contributed by atoms with van der Waals surface area (Å²) in [6, 6.07) is 26.7. The van der Waals surface area contributed by atoms with Crippen LogP contribution in [0.2, 0.25) is 0 Å². The maximum Gasteiger partial charge on any atom is 0.258 e. The van der Waals surface area contributed by atoms with Crippen LogP contribution in [-0.2, 0) is 9.59 Å². The molecule has 0 radical (unpaired) electrons. The average Bonchev–Trinajstić information content (AvgIpc) is 3.01. The van der Waals surface area contributed by atoms with Gasteiger partial charge in [-0.15, -0.1) is 0 Å². The summed E-state index contributed by atoms with van der Waals surface area (Å²) in [7, 11) is 0. The van der Waals surface area contributed by atoms with Gasteiger partial charge in [-0.3, -0.25) is 14.4 Å². The van der Waals surface area contributed by atoms with Crippen molar-refractivity contribution >= 4 is 45.0 Å². The largest absolute Gasteiger partial charge is 0.474 e. The molecule has 3 N–H and O–H groups in total. The second kappa shape index (κ2) is 13.6. The molecule has 6 aromatic rings. The molecule has 0 aliphatic rings. The molecule has 0 aliphatic heterocycles. The van der Waals surface area contributed by atoms with Gasteiger partial charge >= 0.3 is 0 Å². The van der Waals surface area contributed by atoms with Crippen LogP contribution >= 0.6 is 0 Å². The highest BCUT2D eigenvalue weighted by atomic mass is 16.5. The first-order valence-electron chi connectivity index (χ1n) is 14.3. The average molecular weight is 601 g/mol. The number of aromatic nitrogens is 4. The Balaban J connectivity index is 0.000000179. The summed E-state index contributed by atoms with van der Waals surface area (Å²) >= 11 is 0. The van der Waals surface area contributed by atoms with Crippen LogP contribution in [0.25, 0.3) is 44.1 Å². The van der Waals surface area contributed by atoms with E-state index in [4.69, 9.17) is 4.74 Å². The van der Waals surface area contributed by atoms with Crippen LogP contribution in [0.15, 0.2) is 102 Å². The molecule has 226 valence electrons. The molecular weight excluding hydrogens is 568 g/mol. The number of benzene rings is 4. The SMILES string of the molecule is CC(=O)Nc1ccc(-c2ccc3nc[nH]c(=O)c3c2)cc1.CC(=O)Nc1ccc(-c2ccc3ncnc(OC(C)C)c3c2)cc1. The van der Waals surface area contributed by atoms with Crippen molar-refractivity contribution in [3.63, 3.8) is 0 Å². The number of anilines is 2. The first kappa shape index (κ1) is 30.6. The van der Waals surface area contributed by atoms with E-state index in [1.165, 1.54) is 26.5 Å². The van der Waals surface area contributed by atoms with Crippen molar-refractivity contribution in [3.05, 3.63) is 108 Å². The number of nitrogens with one attached hydrogen (secondary N) is 3. The number of carbonyl (C=O) groups is 2. The number of ether oxygens (including phenoxy) is 1. The molecule has 0 unspecified atom stereocenters. The predicted molar refractivity (Wildman–Crippen MR) is 177 cm³/mol. The van der Waals surface area contributed by atoms with Gasteiger partial charge in [-0.1, -0.05) is 36.4 Å². The van der Waals surface area contributed by atoms with Gasteiger partial charge in [0.05, 0.1) is 34.2 Å². The standard InChI is InChI=1S/C19H19N3O2.C16H13N3O2/c1-12(2)24-19-17-10-15(6-9-18(17)20-11-21-19)14-4-7-16(8-5-14)22-13(3)23;1-10(20)19-13-5-2-11(3-6-13)12-4-7-15-14(8-12)16(21)18-9-17-15/h4-12H,1-3H3,(H,22,23);2-9H,1H3,(H,19,20)(H,17,18,21). The van der Waals surface area contributed by atoms with E-state index < -0.39 is 0 Å². The Morgan fingerprint density at radius 1 is 0.667 bits per heavy atom. The second-order valence-electron chi connectivity index (χ2n) is 10.6. The highest BCUT2D eigenvalue weighted by molar-refractivity contribution is 5.91. The fourth-order valence-electron chi connectivity index (χ4n) is 4.68. The lowest BCUT2D eigenvalue weighted by atomic mass is 10.0. The lowest BCUT2D eigenvalue weighted by Crippen LogP contribution is -2.07. The van der Waals surface area contributed by atoms with Gasteiger partial charge in [-0.05, 0) is 84.6 Å². The van der Waals surface area contributed by atoms with E-state index in [2.05, 4.69) is 30.6 Å². The van der Waals surface area contributed by atoms with Crippen LogP contribution in [0.4, 0.5) is 11.4 Å². The van der Waals surface area contributed by atoms with E-state index >= 15 is 0 Å². The number of amides is 2. The van der Waals surface area contributed by atoms with Crippen LogP contribution in [0.3, 0.4) is 0 Å². The number of nitrogens with zero attached hydrogens (tertiary/aromatic N) is 3. The monoisotopic (exact) mass is 600 g/mol. The van der Waals surface area contributed by atoms with Gasteiger partial charge in [0, 0.05) is 25.2 Å². The number of H-pyrrole nitrogens is 1. The van der Waals surface area contributed by atoms with E-state index in [9.17, 15) is 14.4 Å². The third-order valence-electron chi connectivity index (χ3n) is 6.66. The minimum Gasteiger partial charge on any atom is -0.474 e. The zero-order valence-corrected chi connectivity index (χ0v) is 25.3. The van der Waals surface area contributed by atoms with Crippen LogP contribution < -0.4 is 20.9 Å². The molecule has 0 saturated heterocycles. The molecule has 0 fully saturated rings. The van der Waals surface area contributed by atoms with Crippen molar-refractivity contribution in [2.45, 2.75) is 33.8 Å². The Morgan fingerprint density at radius 2 is 1.16 bits per heavy atom.